The van der Waals surface area contributed by atoms with E-state index >= 15 is 0 Å². The van der Waals surface area contributed by atoms with E-state index < -0.39 is 5.91 Å². The predicted molar refractivity (Wildman–Crippen MR) is 54.2 cm³/mol. The Labute approximate surface area is 86.9 Å². The molecule has 0 aliphatic rings. The molecule has 0 heterocycles. The molecule has 14 heavy (non-hydrogen) atoms. The van der Waals surface area contributed by atoms with Crippen LogP contribution in [0.4, 0.5) is 0 Å². The van der Waals surface area contributed by atoms with Crippen molar-refractivity contribution in [3.8, 4) is 0 Å². The molecule has 1 rings (SSSR count). The molecule has 2 N–H and O–H groups in total. The fraction of sp³-hybridized carbons (Fsp3) is 0.200. The van der Waals surface area contributed by atoms with Crippen LogP contribution in [0.15, 0.2) is 24.3 Å². The van der Waals surface area contributed by atoms with Gasteiger partial charge in [-0.05, 0) is 24.3 Å². The number of hydrogen-bond acceptors (Lipinski definition) is 2. The molecule has 0 unspecified atom stereocenters. The van der Waals surface area contributed by atoms with Gasteiger partial charge >= 0.3 is 0 Å². The van der Waals surface area contributed by atoms with Crippen LogP contribution in [0.3, 0.4) is 0 Å². The largest absolute Gasteiger partial charge is 0.370 e. The van der Waals surface area contributed by atoms with Crippen molar-refractivity contribution in [2.45, 2.75) is 12.8 Å². The molecule has 3 nitrogen and oxygen atoms in total. The minimum absolute atomic E-state index is 0.0848. The minimum atomic E-state index is -0.465. The lowest BCUT2D eigenvalue weighted by Crippen LogP contribution is -2.12. The number of halogens is 1. The summed E-state index contributed by atoms with van der Waals surface area (Å²) in [6.07, 6.45) is 0.235. The molecule has 0 radical (unpaired) electrons. The molecule has 0 atom stereocenters. The lowest BCUT2D eigenvalue weighted by Gasteiger charge is -1.98. The van der Waals surface area contributed by atoms with E-state index in [0.717, 1.165) is 0 Å². The Morgan fingerprint density at radius 3 is 2.21 bits per heavy atom. The summed E-state index contributed by atoms with van der Waals surface area (Å²) in [4.78, 5) is 21.8. The van der Waals surface area contributed by atoms with Gasteiger partial charge in [0.1, 0.15) is 0 Å². The van der Waals surface area contributed by atoms with Crippen LogP contribution in [0.25, 0.3) is 0 Å². The van der Waals surface area contributed by atoms with Gasteiger partial charge in [-0.2, -0.15) is 0 Å². The number of carbonyl (C=O) groups excluding carboxylic acids is 2. The number of Topliss-reactive ketones (excluding diaryl/α,β-unsaturated/α-hetero) is 1. The van der Waals surface area contributed by atoms with E-state index in [0.29, 0.717) is 10.6 Å². The van der Waals surface area contributed by atoms with Crippen LogP contribution in [-0.4, -0.2) is 11.7 Å². The van der Waals surface area contributed by atoms with Gasteiger partial charge in [-0.1, -0.05) is 11.6 Å². The quantitative estimate of drug-likeness (QED) is 0.772. The van der Waals surface area contributed by atoms with E-state index in [9.17, 15) is 9.59 Å². The maximum Gasteiger partial charge on any atom is 0.217 e. The zero-order chi connectivity index (χ0) is 10.6. The van der Waals surface area contributed by atoms with Crippen molar-refractivity contribution in [3.63, 3.8) is 0 Å². The predicted octanol–water partition coefficient (Wildman–Crippen LogP) is 1.79. The number of hydrogen-bond donors (Lipinski definition) is 1. The molecule has 0 aromatic heterocycles. The standard InChI is InChI=1S/C10H10ClNO2/c11-8-3-1-7(2-4-8)9(13)5-6-10(12)14/h1-4H,5-6H2,(H2,12,14). The molecule has 74 valence electrons. The first-order chi connectivity index (χ1) is 6.59. The Morgan fingerprint density at radius 1 is 1.14 bits per heavy atom. The van der Waals surface area contributed by atoms with Crippen molar-refractivity contribution in [3.05, 3.63) is 34.9 Å². The lowest BCUT2D eigenvalue weighted by atomic mass is 10.1. The molecular weight excluding hydrogens is 202 g/mol. The molecule has 1 aromatic rings. The first kappa shape index (κ1) is 10.7. The van der Waals surface area contributed by atoms with E-state index in [-0.39, 0.29) is 18.6 Å². The highest BCUT2D eigenvalue weighted by molar-refractivity contribution is 6.30. The highest BCUT2D eigenvalue weighted by Gasteiger charge is 2.06. The van der Waals surface area contributed by atoms with Gasteiger partial charge in [0.05, 0.1) is 0 Å². The van der Waals surface area contributed by atoms with E-state index in [1.165, 1.54) is 0 Å². The van der Waals surface area contributed by atoms with Gasteiger partial charge in [-0.25, -0.2) is 0 Å². The Hall–Kier alpha value is -1.35. The molecule has 0 bridgehead atoms. The number of carbonyl (C=O) groups is 2. The van der Waals surface area contributed by atoms with E-state index in [1.54, 1.807) is 24.3 Å². The van der Waals surface area contributed by atoms with Crippen molar-refractivity contribution in [1.29, 1.82) is 0 Å². The highest BCUT2D eigenvalue weighted by Crippen LogP contribution is 2.11. The van der Waals surface area contributed by atoms with Gasteiger partial charge in [0, 0.05) is 23.4 Å². The van der Waals surface area contributed by atoms with Crippen LogP contribution in [0.2, 0.25) is 5.02 Å². The third-order valence-electron chi connectivity index (χ3n) is 1.76. The van der Waals surface area contributed by atoms with Crippen LogP contribution >= 0.6 is 11.6 Å². The molecule has 0 aliphatic heterocycles. The summed E-state index contributed by atoms with van der Waals surface area (Å²) in [7, 11) is 0. The van der Waals surface area contributed by atoms with Gasteiger partial charge in [0.2, 0.25) is 5.91 Å². The SMILES string of the molecule is NC(=O)CCC(=O)c1ccc(Cl)cc1. The van der Waals surface area contributed by atoms with E-state index in [1.807, 2.05) is 0 Å². The Morgan fingerprint density at radius 2 is 1.71 bits per heavy atom. The second-order valence-electron chi connectivity index (χ2n) is 2.90. The van der Waals surface area contributed by atoms with Gasteiger partial charge in [0.25, 0.3) is 0 Å². The third-order valence-corrected chi connectivity index (χ3v) is 2.02. The molecule has 0 saturated carbocycles. The molecule has 0 fully saturated rings. The molecule has 1 aromatic carbocycles. The molecule has 4 heteroatoms. The van der Waals surface area contributed by atoms with Crippen molar-refractivity contribution >= 4 is 23.3 Å². The minimum Gasteiger partial charge on any atom is -0.370 e. The second-order valence-corrected chi connectivity index (χ2v) is 3.33. The first-order valence-corrected chi connectivity index (χ1v) is 4.54. The van der Waals surface area contributed by atoms with E-state index in [4.69, 9.17) is 17.3 Å². The highest BCUT2D eigenvalue weighted by atomic mass is 35.5. The summed E-state index contributed by atoms with van der Waals surface area (Å²) in [6.45, 7) is 0. The van der Waals surface area contributed by atoms with Crippen molar-refractivity contribution < 1.29 is 9.59 Å². The van der Waals surface area contributed by atoms with Gasteiger partial charge < -0.3 is 5.73 Å². The fourth-order valence-corrected chi connectivity index (χ4v) is 1.14. The zero-order valence-corrected chi connectivity index (χ0v) is 8.25. The maximum absolute atomic E-state index is 11.4. The van der Waals surface area contributed by atoms with Crippen LogP contribution in [0.1, 0.15) is 23.2 Å². The summed E-state index contributed by atoms with van der Waals surface area (Å²) >= 11 is 5.66. The van der Waals surface area contributed by atoms with Crippen LogP contribution in [0.5, 0.6) is 0 Å². The lowest BCUT2D eigenvalue weighted by molar-refractivity contribution is -0.117. The van der Waals surface area contributed by atoms with Gasteiger partial charge in [-0.15, -0.1) is 0 Å². The molecule has 1 amide bonds. The maximum atomic E-state index is 11.4. The second kappa shape index (κ2) is 4.77. The summed E-state index contributed by atoms with van der Waals surface area (Å²) in [5.41, 5.74) is 5.48. The third kappa shape index (κ3) is 3.18. The Kier molecular flexibility index (Phi) is 3.65. The molecule has 0 saturated heterocycles. The fourth-order valence-electron chi connectivity index (χ4n) is 1.02. The van der Waals surface area contributed by atoms with Crippen molar-refractivity contribution in [2.24, 2.45) is 5.73 Å². The number of ketones is 1. The smallest absolute Gasteiger partial charge is 0.217 e. The zero-order valence-electron chi connectivity index (χ0n) is 7.50. The normalized spacial score (nSPS) is 9.79. The molecular formula is C10H10ClNO2. The van der Waals surface area contributed by atoms with Crippen molar-refractivity contribution in [2.75, 3.05) is 0 Å². The van der Waals surface area contributed by atoms with Crippen LogP contribution in [-0.2, 0) is 4.79 Å². The summed E-state index contributed by atoms with van der Waals surface area (Å²) < 4.78 is 0. The average molecular weight is 212 g/mol. The number of amides is 1. The topological polar surface area (TPSA) is 60.2 Å². The van der Waals surface area contributed by atoms with Crippen molar-refractivity contribution in [1.82, 2.24) is 0 Å². The first-order valence-electron chi connectivity index (χ1n) is 4.16. The summed E-state index contributed by atoms with van der Waals surface area (Å²) in [5.74, 6) is -0.562. The number of rotatable bonds is 4. The Balaban J connectivity index is 2.61. The number of nitrogens with two attached hydrogens (primary N) is 1. The van der Waals surface area contributed by atoms with Crippen LogP contribution in [0, 0.1) is 0 Å². The summed E-state index contributed by atoms with van der Waals surface area (Å²) in [5, 5.41) is 0.580. The van der Waals surface area contributed by atoms with Gasteiger partial charge in [0.15, 0.2) is 5.78 Å². The van der Waals surface area contributed by atoms with Gasteiger partial charge in [-0.3, -0.25) is 9.59 Å². The average Bonchev–Trinajstić information content (AvgIpc) is 2.15. The molecule has 0 aliphatic carbocycles. The monoisotopic (exact) mass is 211 g/mol. The number of primary amides is 1. The summed E-state index contributed by atoms with van der Waals surface area (Å²) in [6, 6.07) is 6.54. The number of benzene rings is 1. The molecule has 0 spiro atoms. The van der Waals surface area contributed by atoms with E-state index in [2.05, 4.69) is 0 Å². The van der Waals surface area contributed by atoms with Crippen LogP contribution < -0.4 is 5.73 Å². The Bertz CT molecular complexity index is 346.